The van der Waals surface area contributed by atoms with Gasteiger partial charge in [0.25, 0.3) is 5.91 Å². The van der Waals surface area contributed by atoms with Crippen molar-refractivity contribution in [2.24, 2.45) is 0 Å². The molecule has 158 valence electrons. The molecule has 0 aromatic heterocycles. The van der Waals surface area contributed by atoms with Crippen molar-refractivity contribution in [3.63, 3.8) is 0 Å². The number of carbonyl (C=O) groups is 2. The summed E-state index contributed by atoms with van der Waals surface area (Å²) in [5.74, 6) is 0.701. The highest BCUT2D eigenvalue weighted by Gasteiger charge is 2.58. The van der Waals surface area contributed by atoms with Gasteiger partial charge in [0.15, 0.2) is 5.11 Å². The van der Waals surface area contributed by atoms with Gasteiger partial charge < -0.3 is 24.4 Å². The van der Waals surface area contributed by atoms with Gasteiger partial charge in [-0.15, -0.1) is 0 Å². The molecule has 1 aromatic carbocycles. The third-order valence-corrected chi connectivity index (χ3v) is 5.75. The number of amides is 1. The number of carbonyl (C=O) groups excluding carboxylic acids is 2. The predicted molar refractivity (Wildman–Crippen MR) is 111 cm³/mol. The molecule has 8 nitrogen and oxygen atoms in total. The molecule has 2 saturated heterocycles. The summed E-state index contributed by atoms with van der Waals surface area (Å²) in [5.41, 5.74) is 0.0409. The van der Waals surface area contributed by atoms with Gasteiger partial charge in [-0.1, -0.05) is 0 Å². The zero-order valence-electron chi connectivity index (χ0n) is 17.2. The highest BCUT2D eigenvalue weighted by molar-refractivity contribution is 7.80. The van der Waals surface area contributed by atoms with Crippen LogP contribution in [0.2, 0.25) is 0 Å². The van der Waals surface area contributed by atoms with Gasteiger partial charge in [0, 0.05) is 31.6 Å². The van der Waals surface area contributed by atoms with Crippen molar-refractivity contribution in [3.8, 4) is 11.5 Å². The Kier molecular flexibility index (Phi) is 6.28. The summed E-state index contributed by atoms with van der Waals surface area (Å²) in [6.45, 7) is 3.43. The fourth-order valence-corrected chi connectivity index (χ4v) is 4.47. The molecule has 2 atom stereocenters. The van der Waals surface area contributed by atoms with Crippen LogP contribution in [0.25, 0.3) is 0 Å². The van der Waals surface area contributed by atoms with E-state index in [0.717, 1.165) is 5.56 Å². The number of benzene rings is 1. The van der Waals surface area contributed by atoms with Gasteiger partial charge >= 0.3 is 5.97 Å². The minimum atomic E-state index is -0.891. The monoisotopic (exact) mass is 421 g/mol. The number of thiocarbonyl (C=S) groups is 1. The molecule has 0 aliphatic carbocycles. The Labute approximate surface area is 176 Å². The van der Waals surface area contributed by atoms with Crippen molar-refractivity contribution in [1.29, 1.82) is 0 Å². The molecule has 0 saturated carbocycles. The van der Waals surface area contributed by atoms with E-state index in [9.17, 15) is 9.59 Å². The van der Waals surface area contributed by atoms with Crippen LogP contribution in [0, 0.1) is 0 Å². The Hall–Kier alpha value is -2.39. The molecule has 3 rings (SSSR count). The summed E-state index contributed by atoms with van der Waals surface area (Å²) in [6.07, 6.45) is 0.102. The van der Waals surface area contributed by atoms with Crippen molar-refractivity contribution in [3.05, 3.63) is 23.8 Å². The van der Waals surface area contributed by atoms with Crippen LogP contribution in [0.1, 0.15) is 24.8 Å². The van der Waals surface area contributed by atoms with E-state index >= 15 is 0 Å². The molecule has 2 heterocycles. The van der Waals surface area contributed by atoms with Crippen LogP contribution in [-0.2, 0) is 14.3 Å². The van der Waals surface area contributed by atoms with Crippen molar-refractivity contribution >= 4 is 29.2 Å². The Balaban J connectivity index is 1.90. The molecule has 1 aromatic rings. The number of methoxy groups -OCH3 is 2. The second-order valence-electron chi connectivity index (χ2n) is 7.31. The fraction of sp³-hybridized carbons (Fsp3) is 0.550. The maximum absolute atomic E-state index is 13.5. The molecule has 1 spiro atoms. The highest BCUT2D eigenvalue weighted by atomic mass is 32.1. The van der Waals surface area contributed by atoms with Gasteiger partial charge in [0.05, 0.1) is 27.2 Å². The maximum Gasteiger partial charge on any atom is 0.307 e. The second kappa shape index (κ2) is 8.54. The second-order valence-corrected chi connectivity index (χ2v) is 7.70. The lowest BCUT2D eigenvalue weighted by molar-refractivity contribution is -0.143. The normalized spacial score (nSPS) is 24.1. The van der Waals surface area contributed by atoms with Gasteiger partial charge in [0.1, 0.15) is 17.0 Å². The quantitative estimate of drug-likeness (QED) is 0.519. The Morgan fingerprint density at radius 2 is 1.93 bits per heavy atom. The van der Waals surface area contributed by atoms with E-state index in [1.165, 1.54) is 4.90 Å². The third-order valence-electron chi connectivity index (χ3n) is 5.43. The van der Waals surface area contributed by atoms with Crippen LogP contribution >= 0.6 is 12.2 Å². The smallest absolute Gasteiger partial charge is 0.307 e. The first-order chi connectivity index (χ1) is 13.8. The first-order valence-corrected chi connectivity index (χ1v) is 9.96. The summed E-state index contributed by atoms with van der Waals surface area (Å²) in [7, 11) is 5.17. The molecule has 1 N–H and O–H groups in total. The first kappa shape index (κ1) is 21.3. The van der Waals surface area contributed by atoms with Crippen LogP contribution in [0.15, 0.2) is 18.2 Å². The minimum Gasteiger partial charge on any atom is -0.497 e. The van der Waals surface area contributed by atoms with E-state index in [1.54, 1.807) is 27.2 Å². The molecule has 0 unspecified atom stereocenters. The Morgan fingerprint density at radius 1 is 1.28 bits per heavy atom. The number of hydrogen-bond acceptors (Lipinski definition) is 7. The maximum atomic E-state index is 13.5. The zero-order chi connectivity index (χ0) is 21.2. The largest absolute Gasteiger partial charge is 0.497 e. The number of nitrogens with one attached hydrogen (secondary N) is 1. The lowest BCUT2D eigenvalue weighted by Crippen LogP contribution is -2.52. The zero-order valence-corrected chi connectivity index (χ0v) is 18.0. The van der Waals surface area contributed by atoms with Crippen molar-refractivity contribution in [1.82, 2.24) is 15.1 Å². The predicted octanol–water partition coefficient (Wildman–Crippen LogP) is 1.14. The molecular formula is C20H27N3O5S. The van der Waals surface area contributed by atoms with Crippen LogP contribution < -0.4 is 14.8 Å². The SMILES string of the molecule is CCOC(=O)CCN1C(=O)[C@@]2(CN(C)C[C@H]2c2cc(OC)cc(OC)c2)NC1=S. The van der Waals surface area contributed by atoms with Gasteiger partial charge in [-0.25, -0.2) is 0 Å². The molecule has 1 amide bonds. The number of rotatable bonds is 7. The van der Waals surface area contributed by atoms with Crippen molar-refractivity contribution in [2.75, 3.05) is 47.5 Å². The van der Waals surface area contributed by atoms with E-state index in [0.29, 0.717) is 36.3 Å². The van der Waals surface area contributed by atoms with E-state index < -0.39 is 5.54 Å². The van der Waals surface area contributed by atoms with E-state index in [2.05, 4.69) is 10.2 Å². The highest BCUT2D eigenvalue weighted by Crippen LogP contribution is 2.42. The molecule has 9 heteroatoms. The molecule has 0 bridgehead atoms. The summed E-state index contributed by atoms with van der Waals surface area (Å²) in [6, 6.07) is 5.65. The summed E-state index contributed by atoms with van der Waals surface area (Å²) in [5, 5.41) is 3.61. The Morgan fingerprint density at radius 3 is 2.52 bits per heavy atom. The molecule has 29 heavy (non-hydrogen) atoms. The minimum absolute atomic E-state index is 0.102. The van der Waals surface area contributed by atoms with Crippen molar-refractivity contribution < 1.29 is 23.8 Å². The number of esters is 1. The van der Waals surface area contributed by atoms with Gasteiger partial charge in [-0.3, -0.25) is 14.5 Å². The number of ether oxygens (including phenoxy) is 3. The summed E-state index contributed by atoms with van der Waals surface area (Å²) in [4.78, 5) is 28.8. The lowest BCUT2D eigenvalue weighted by Gasteiger charge is -2.29. The van der Waals surface area contributed by atoms with Gasteiger partial charge in [-0.2, -0.15) is 0 Å². The first-order valence-electron chi connectivity index (χ1n) is 9.55. The molecule has 2 fully saturated rings. The standard InChI is InChI=1S/C20H27N3O5S/c1-5-28-17(24)6-7-23-18(25)20(21-19(23)29)12-22(2)11-16(20)13-8-14(26-3)10-15(9-13)27-4/h8-10,16H,5-7,11-12H2,1-4H3,(H,21,29)/t16-,20-/m0/s1. The van der Waals surface area contributed by atoms with Crippen LogP contribution in [0.5, 0.6) is 11.5 Å². The fourth-order valence-electron chi connectivity index (χ4n) is 4.12. The average Bonchev–Trinajstić information content (AvgIpc) is 3.15. The topological polar surface area (TPSA) is 80.3 Å². The average molecular weight is 422 g/mol. The van der Waals surface area contributed by atoms with Gasteiger partial charge in [0.2, 0.25) is 0 Å². The number of likely N-dealkylation sites (tertiary alicyclic amines) is 1. The molecule has 2 aliphatic rings. The van der Waals surface area contributed by atoms with E-state index in [-0.39, 0.29) is 30.8 Å². The number of likely N-dealkylation sites (N-methyl/N-ethyl adjacent to an activating group) is 1. The van der Waals surface area contributed by atoms with Crippen molar-refractivity contribution in [2.45, 2.75) is 24.8 Å². The summed E-state index contributed by atoms with van der Waals surface area (Å²) >= 11 is 5.46. The van der Waals surface area contributed by atoms with Crippen LogP contribution in [0.3, 0.4) is 0 Å². The molecule has 2 aliphatic heterocycles. The molecular weight excluding hydrogens is 394 g/mol. The van der Waals surface area contributed by atoms with Crippen LogP contribution in [0.4, 0.5) is 0 Å². The van der Waals surface area contributed by atoms with Gasteiger partial charge in [-0.05, 0) is 43.9 Å². The summed E-state index contributed by atoms with van der Waals surface area (Å²) < 4.78 is 15.8. The van der Waals surface area contributed by atoms with Crippen LogP contribution in [-0.4, -0.2) is 79.8 Å². The lowest BCUT2D eigenvalue weighted by atomic mass is 9.81. The molecule has 0 radical (unpaired) electrons. The third kappa shape index (κ3) is 4.02. The van der Waals surface area contributed by atoms with E-state index in [4.69, 9.17) is 26.4 Å². The number of hydrogen-bond donors (Lipinski definition) is 1. The Bertz CT molecular complexity index is 795. The number of nitrogens with zero attached hydrogens (tertiary/aromatic N) is 2. The van der Waals surface area contributed by atoms with E-state index in [1.807, 2.05) is 19.2 Å².